The first kappa shape index (κ1) is 14.8. The molecule has 106 valence electrons. The molecule has 0 aliphatic heterocycles. The van der Waals surface area contributed by atoms with Gasteiger partial charge in [-0.25, -0.2) is 0 Å². The Morgan fingerprint density at radius 3 is 2.79 bits per heavy atom. The molecule has 4 heteroatoms. The van der Waals surface area contributed by atoms with Crippen LogP contribution in [-0.4, -0.2) is 23.9 Å². The summed E-state index contributed by atoms with van der Waals surface area (Å²) in [6.45, 7) is 4.25. The maximum absolute atomic E-state index is 10.3. The van der Waals surface area contributed by atoms with Crippen molar-refractivity contribution in [3.63, 3.8) is 0 Å². The van der Waals surface area contributed by atoms with Crippen LogP contribution in [0.25, 0.3) is 0 Å². The van der Waals surface area contributed by atoms with Gasteiger partial charge in [-0.3, -0.25) is 0 Å². The number of rotatable bonds is 6. The van der Waals surface area contributed by atoms with E-state index in [0.29, 0.717) is 6.61 Å². The van der Waals surface area contributed by atoms with Gasteiger partial charge in [0.05, 0.1) is 5.60 Å². The van der Waals surface area contributed by atoms with Crippen LogP contribution in [0.5, 0.6) is 5.75 Å². The standard InChI is InChI=1S/C15H22BrNO2/c1-2-17-10-12-9-13(5-6-14(12)16)19-11-15(18)7-3-4-8-15/h5-6,9,17-18H,2-4,7-8,10-11H2,1H3. The van der Waals surface area contributed by atoms with Gasteiger partial charge in [0, 0.05) is 11.0 Å². The molecule has 1 aromatic rings. The Bertz CT molecular complexity index is 417. The van der Waals surface area contributed by atoms with Crippen molar-refractivity contribution in [3.8, 4) is 5.75 Å². The topological polar surface area (TPSA) is 41.5 Å². The SMILES string of the molecule is CCNCc1cc(OCC2(O)CCCC2)ccc1Br. The van der Waals surface area contributed by atoms with Gasteiger partial charge in [-0.15, -0.1) is 0 Å². The van der Waals surface area contributed by atoms with E-state index in [-0.39, 0.29) is 0 Å². The van der Waals surface area contributed by atoms with E-state index in [1.165, 1.54) is 5.56 Å². The predicted octanol–water partition coefficient (Wildman–Crippen LogP) is 3.24. The molecule has 3 nitrogen and oxygen atoms in total. The third kappa shape index (κ3) is 4.20. The molecule has 19 heavy (non-hydrogen) atoms. The summed E-state index contributed by atoms with van der Waals surface area (Å²) in [7, 11) is 0. The Balaban J connectivity index is 1.96. The van der Waals surface area contributed by atoms with Gasteiger partial charge in [0.25, 0.3) is 0 Å². The Hall–Kier alpha value is -0.580. The fraction of sp³-hybridized carbons (Fsp3) is 0.600. The summed E-state index contributed by atoms with van der Waals surface area (Å²) in [6, 6.07) is 5.98. The normalized spacial score (nSPS) is 17.6. The zero-order valence-electron chi connectivity index (χ0n) is 11.4. The van der Waals surface area contributed by atoms with E-state index >= 15 is 0 Å². The maximum Gasteiger partial charge on any atom is 0.119 e. The second kappa shape index (κ2) is 6.73. The zero-order chi connectivity index (χ0) is 13.7. The molecule has 1 aliphatic carbocycles. The van der Waals surface area contributed by atoms with Crippen molar-refractivity contribution in [2.45, 2.75) is 44.8 Å². The predicted molar refractivity (Wildman–Crippen MR) is 80.4 cm³/mol. The molecule has 1 aliphatic rings. The van der Waals surface area contributed by atoms with Crippen LogP contribution in [0.4, 0.5) is 0 Å². The van der Waals surface area contributed by atoms with Gasteiger partial charge < -0.3 is 15.2 Å². The molecule has 1 aromatic carbocycles. The molecule has 0 bridgehead atoms. The van der Waals surface area contributed by atoms with Crippen molar-refractivity contribution >= 4 is 15.9 Å². The number of hydrogen-bond acceptors (Lipinski definition) is 3. The summed E-state index contributed by atoms with van der Waals surface area (Å²) in [5.41, 5.74) is 0.562. The molecular weight excluding hydrogens is 306 g/mol. The van der Waals surface area contributed by atoms with Crippen LogP contribution in [0.3, 0.4) is 0 Å². The number of benzene rings is 1. The van der Waals surface area contributed by atoms with E-state index in [1.54, 1.807) is 0 Å². The highest BCUT2D eigenvalue weighted by Crippen LogP contribution is 2.30. The molecule has 1 fully saturated rings. The lowest BCUT2D eigenvalue weighted by molar-refractivity contribution is 0.00138. The number of nitrogens with one attached hydrogen (secondary N) is 1. The highest BCUT2D eigenvalue weighted by Gasteiger charge is 2.31. The fourth-order valence-electron chi connectivity index (χ4n) is 2.43. The molecule has 0 unspecified atom stereocenters. The number of ether oxygens (including phenoxy) is 1. The van der Waals surface area contributed by atoms with Crippen molar-refractivity contribution in [1.29, 1.82) is 0 Å². The van der Waals surface area contributed by atoms with Crippen LogP contribution in [0.1, 0.15) is 38.2 Å². The van der Waals surface area contributed by atoms with E-state index in [0.717, 1.165) is 49.0 Å². The molecule has 0 amide bonds. The van der Waals surface area contributed by atoms with E-state index in [1.807, 2.05) is 18.2 Å². The summed E-state index contributed by atoms with van der Waals surface area (Å²) in [4.78, 5) is 0. The molecule has 1 saturated carbocycles. The smallest absolute Gasteiger partial charge is 0.119 e. The van der Waals surface area contributed by atoms with E-state index in [2.05, 4.69) is 28.2 Å². The van der Waals surface area contributed by atoms with E-state index in [9.17, 15) is 5.11 Å². The third-order valence-electron chi connectivity index (χ3n) is 3.62. The maximum atomic E-state index is 10.3. The molecule has 2 N–H and O–H groups in total. The Kier molecular flexibility index (Phi) is 5.25. The number of hydrogen-bond donors (Lipinski definition) is 2. The van der Waals surface area contributed by atoms with Crippen LogP contribution < -0.4 is 10.1 Å². The average Bonchev–Trinajstić information content (AvgIpc) is 2.84. The third-order valence-corrected chi connectivity index (χ3v) is 4.40. The quantitative estimate of drug-likeness (QED) is 0.842. The van der Waals surface area contributed by atoms with Crippen LogP contribution >= 0.6 is 15.9 Å². The summed E-state index contributed by atoms with van der Waals surface area (Å²) in [6.07, 6.45) is 3.92. The lowest BCUT2D eigenvalue weighted by atomic mass is 10.0. The van der Waals surface area contributed by atoms with Crippen molar-refractivity contribution in [2.75, 3.05) is 13.2 Å². The number of halogens is 1. The van der Waals surface area contributed by atoms with Crippen LogP contribution in [0.15, 0.2) is 22.7 Å². The van der Waals surface area contributed by atoms with Gasteiger partial charge in [-0.1, -0.05) is 35.7 Å². The molecule has 0 aromatic heterocycles. The molecule has 0 spiro atoms. The van der Waals surface area contributed by atoms with E-state index < -0.39 is 5.60 Å². The lowest BCUT2D eigenvalue weighted by Crippen LogP contribution is -2.32. The Labute approximate surface area is 123 Å². The molecule has 0 heterocycles. The first-order valence-corrected chi connectivity index (χ1v) is 7.76. The highest BCUT2D eigenvalue weighted by molar-refractivity contribution is 9.10. The zero-order valence-corrected chi connectivity index (χ0v) is 13.0. The van der Waals surface area contributed by atoms with Gasteiger partial charge in [0.1, 0.15) is 12.4 Å². The average molecular weight is 328 g/mol. The minimum Gasteiger partial charge on any atom is -0.491 e. The molecule has 0 radical (unpaired) electrons. The van der Waals surface area contributed by atoms with Gasteiger partial charge in [-0.05, 0) is 43.1 Å². The molecule has 2 rings (SSSR count). The Morgan fingerprint density at radius 2 is 2.11 bits per heavy atom. The van der Waals surface area contributed by atoms with Crippen molar-refractivity contribution in [3.05, 3.63) is 28.2 Å². The van der Waals surface area contributed by atoms with Gasteiger partial charge in [0.2, 0.25) is 0 Å². The molecule has 0 saturated heterocycles. The summed E-state index contributed by atoms with van der Waals surface area (Å²) in [5.74, 6) is 0.830. The second-order valence-electron chi connectivity index (χ2n) is 5.25. The van der Waals surface area contributed by atoms with E-state index in [4.69, 9.17) is 4.74 Å². The highest BCUT2D eigenvalue weighted by atomic mass is 79.9. The van der Waals surface area contributed by atoms with Crippen LogP contribution in [0.2, 0.25) is 0 Å². The van der Waals surface area contributed by atoms with Crippen LogP contribution in [0, 0.1) is 0 Å². The first-order chi connectivity index (χ1) is 9.13. The summed E-state index contributed by atoms with van der Waals surface area (Å²) < 4.78 is 6.85. The van der Waals surface area contributed by atoms with Gasteiger partial charge in [0.15, 0.2) is 0 Å². The number of aliphatic hydroxyl groups is 1. The molecular formula is C15H22BrNO2. The fourth-order valence-corrected chi connectivity index (χ4v) is 2.82. The lowest BCUT2D eigenvalue weighted by Gasteiger charge is -2.22. The summed E-state index contributed by atoms with van der Waals surface area (Å²) in [5, 5.41) is 13.6. The monoisotopic (exact) mass is 327 g/mol. The Morgan fingerprint density at radius 1 is 1.37 bits per heavy atom. The van der Waals surface area contributed by atoms with Crippen molar-refractivity contribution in [2.24, 2.45) is 0 Å². The molecule has 0 atom stereocenters. The second-order valence-corrected chi connectivity index (χ2v) is 6.11. The first-order valence-electron chi connectivity index (χ1n) is 6.97. The van der Waals surface area contributed by atoms with Gasteiger partial charge in [-0.2, -0.15) is 0 Å². The minimum atomic E-state index is -0.616. The van der Waals surface area contributed by atoms with Crippen molar-refractivity contribution < 1.29 is 9.84 Å². The minimum absolute atomic E-state index is 0.398. The summed E-state index contributed by atoms with van der Waals surface area (Å²) >= 11 is 3.54. The van der Waals surface area contributed by atoms with Gasteiger partial charge >= 0.3 is 0 Å². The largest absolute Gasteiger partial charge is 0.491 e. The van der Waals surface area contributed by atoms with Crippen molar-refractivity contribution in [1.82, 2.24) is 5.32 Å². The van der Waals surface area contributed by atoms with Crippen LogP contribution in [-0.2, 0) is 6.54 Å².